The van der Waals surface area contributed by atoms with Crippen LogP contribution >= 0.6 is 34.2 Å². The molecule has 2 aliphatic rings. The summed E-state index contributed by atoms with van der Waals surface area (Å²) in [6, 6.07) is 21.4. The molecular formula is C33H35ClIN3O3. The van der Waals surface area contributed by atoms with E-state index in [9.17, 15) is 4.79 Å². The summed E-state index contributed by atoms with van der Waals surface area (Å²) in [5, 5.41) is 1.85. The molecular weight excluding hydrogens is 649 g/mol. The Hall–Kier alpha value is -2.75. The van der Waals surface area contributed by atoms with E-state index < -0.39 is 0 Å². The highest BCUT2D eigenvalue weighted by Crippen LogP contribution is 2.41. The Balaban J connectivity index is 1.24. The van der Waals surface area contributed by atoms with Crippen molar-refractivity contribution in [1.29, 1.82) is 0 Å². The number of fused-ring (bicyclic) bond motifs is 3. The quantitative estimate of drug-likeness (QED) is 0.140. The third-order valence-electron chi connectivity index (χ3n) is 8.27. The summed E-state index contributed by atoms with van der Waals surface area (Å²) in [6.45, 7) is 4.92. The summed E-state index contributed by atoms with van der Waals surface area (Å²) in [6.07, 6.45) is 5.26. The van der Waals surface area contributed by atoms with E-state index in [1.807, 2.05) is 17.0 Å². The van der Waals surface area contributed by atoms with Gasteiger partial charge in [0.15, 0.2) is 0 Å². The minimum atomic E-state index is -0.374. The van der Waals surface area contributed by atoms with Crippen molar-refractivity contribution in [3.05, 3.63) is 92.1 Å². The molecule has 214 valence electrons. The van der Waals surface area contributed by atoms with E-state index in [1.54, 1.807) is 24.3 Å². The number of hydrogen-bond donors (Lipinski definition) is 0. The van der Waals surface area contributed by atoms with E-state index in [2.05, 4.69) is 69.4 Å². The van der Waals surface area contributed by atoms with Crippen LogP contribution in [-0.4, -0.2) is 53.2 Å². The minimum Gasteiger partial charge on any atom is -0.494 e. The van der Waals surface area contributed by atoms with E-state index >= 15 is 0 Å². The number of hydrogen-bond acceptors (Lipinski definition) is 4. The molecule has 4 aromatic rings. The van der Waals surface area contributed by atoms with Crippen LogP contribution in [0.15, 0.2) is 66.7 Å². The highest BCUT2D eigenvalue weighted by atomic mass is 127. The van der Waals surface area contributed by atoms with Crippen LogP contribution < -0.4 is 9.47 Å². The Morgan fingerprint density at radius 2 is 1.68 bits per heavy atom. The van der Waals surface area contributed by atoms with Gasteiger partial charge in [0, 0.05) is 38.8 Å². The number of carbonyl (C=O) groups excluding carboxylic acids is 1. The first-order valence-electron chi connectivity index (χ1n) is 14.4. The molecule has 8 heteroatoms. The molecule has 0 radical (unpaired) electrons. The normalized spacial score (nSPS) is 17.1. The smallest absolute Gasteiger partial charge is 0.416 e. The van der Waals surface area contributed by atoms with E-state index in [-0.39, 0.29) is 12.1 Å². The molecule has 1 fully saturated rings. The fraction of sp³-hybridized carbons (Fsp3) is 0.364. The van der Waals surface area contributed by atoms with Crippen LogP contribution in [0, 0.1) is 3.57 Å². The zero-order valence-electron chi connectivity index (χ0n) is 23.3. The van der Waals surface area contributed by atoms with Crippen molar-refractivity contribution in [2.75, 3.05) is 32.8 Å². The van der Waals surface area contributed by atoms with E-state index in [1.165, 1.54) is 52.5 Å². The number of benzene rings is 3. The van der Waals surface area contributed by atoms with Gasteiger partial charge in [-0.05, 0) is 140 Å². The predicted octanol–water partition coefficient (Wildman–Crippen LogP) is 7.84. The third-order valence-corrected chi connectivity index (χ3v) is 9.20. The number of amides is 1. The highest BCUT2D eigenvalue weighted by molar-refractivity contribution is 14.1. The zero-order valence-corrected chi connectivity index (χ0v) is 26.2. The minimum absolute atomic E-state index is 0.289. The lowest BCUT2D eigenvalue weighted by molar-refractivity contribution is 0.134. The van der Waals surface area contributed by atoms with Crippen molar-refractivity contribution in [3.8, 4) is 11.5 Å². The van der Waals surface area contributed by atoms with E-state index in [0.29, 0.717) is 23.9 Å². The first-order chi connectivity index (χ1) is 20.0. The number of unbranched alkanes of at least 4 members (excludes halogenated alkanes) is 1. The Morgan fingerprint density at radius 3 is 2.44 bits per heavy atom. The van der Waals surface area contributed by atoms with Crippen LogP contribution in [0.5, 0.6) is 11.5 Å². The number of ether oxygens (including phenoxy) is 2. The summed E-state index contributed by atoms with van der Waals surface area (Å²) in [7, 11) is 2.09. The number of nitrogens with zero attached hydrogens (tertiary/aromatic N) is 3. The highest BCUT2D eigenvalue weighted by Gasteiger charge is 2.37. The molecule has 1 saturated heterocycles. The molecule has 6 rings (SSSR count). The van der Waals surface area contributed by atoms with Gasteiger partial charge in [-0.15, -0.1) is 0 Å². The van der Waals surface area contributed by atoms with Gasteiger partial charge in [0.05, 0.1) is 6.61 Å². The Labute approximate surface area is 260 Å². The van der Waals surface area contributed by atoms with Gasteiger partial charge >= 0.3 is 6.09 Å². The maximum atomic E-state index is 13.6. The number of likely N-dealkylation sites (tertiary alicyclic amines) is 1. The van der Waals surface area contributed by atoms with Gasteiger partial charge in [-0.25, -0.2) is 4.79 Å². The van der Waals surface area contributed by atoms with Crippen LogP contribution in [0.2, 0.25) is 5.02 Å². The van der Waals surface area contributed by atoms with Crippen LogP contribution in [-0.2, 0) is 13.5 Å². The Morgan fingerprint density at radius 1 is 0.951 bits per heavy atom. The van der Waals surface area contributed by atoms with Gasteiger partial charge in [-0.1, -0.05) is 23.7 Å². The predicted molar refractivity (Wildman–Crippen MR) is 172 cm³/mol. The van der Waals surface area contributed by atoms with Crippen molar-refractivity contribution >= 4 is 51.2 Å². The van der Waals surface area contributed by atoms with Crippen LogP contribution in [0.1, 0.15) is 48.5 Å². The van der Waals surface area contributed by atoms with Gasteiger partial charge < -0.3 is 18.9 Å². The second-order valence-corrected chi connectivity index (χ2v) is 12.6. The lowest BCUT2D eigenvalue weighted by Gasteiger charge is -2.36. The SMILES string of the molecule is Cn1c2c(c3cc(I)ccc31)CCN(C(=O)Oc1ccc(Cl)cc1)C2c1ccc(OCCCCN2CCCC2)cc1. The second kappa shape index (κ2) is 12.6. The molecule has 6 nitrogen and oxygen atoms in total. The van der Waals surface area contributed by atoms with Crippen molar-refractivity contribution in [2.24, 2.45) is 7.05 Å². The molecule has 3 aromatic carbocycles. The maximum Gasteiger partial charge on any atom is 0.416 e. The van der Waals surface area contributed by atoms with Gasteiger partial charge in [0.1, 0.15) is 17.5 Å². The average Bonchev–Trinajstić information content (AvgIpc) is 3.60. The molecule has 0 spiro atoms. The number of rotatable bonds is 8. The summed E-state index contributed by atoms with van der Waals surface area (Å²) in [4.78, 5) is 18.0. The summed E-state index contributed by atoms with van der Waals surface area (Å²) < 4.78 is 15.4. The molecule has 3 heterocycles. The number of carbonyl (C=O) groups is 1. The topological polar surface area (TPSA) is 46.9 Å². The number of halogens is 2. The van der Waals surface area contributed by atoms with Gasteiger partial charge in [-0.3, -0.25) is 4.90 Å². The lowest BCUT2D eigenvalue weighted by atomic mass is 9.92. The summed E-state index contributed by atoms with van der Waals surface area (Å²) in [5.74, 6) is 1.33. The van der Waals surface area contributed by atoms with Gasteiger partial charge in [-0.2, -0.15) is 0 Å². The largest absolute Gasteiger partial charge is 0.494 e. The molecule has 2 aliphatic heterocycles. The maximum absolute atomic E-state index is 13.6. The molecule has 41 heavy (non-hydrogen) atoms. The van der Waals surface area contributed by atoms with Crippen LogP contribution in [0.25, 0.3) is 10.9 Å². The standard InChI is InChI=1S/C33H35ClIN3O3/c1-36-30-15-10-25(35)22-29(30)28-16-20-38(33(39)41-27-13-8-24(34)9-14-27)31(32(28)36)23-6-11-26(12-7-23)40-21-5-4-19-37-17-2-3-18-37/h6-15,22,31H,2-5,16-21H2,1H3. The molecule has 1 amide bonds. The molecule has 1 unspecified atom stereocenters. The molecule has 1 aromatic heterocycles. The van der Waals surface area contributed by atoms with Gasteiger partial charge in [0.25, 0.3) is 0 Å². The fourth-order valence-electron chi connectivity index (χ4n) is 6.21. The van der Waals surface area contributed by atoms with Crippen molar-refractivity contribution in [3.63, 3.8) is 0 Å². The Kier molecular flexibility index (Phi) is 8.74. The Bertz CT molecular complexity index is 1510. The molecule has 0 N–H and O–H groups in total. The van der Waals surface area contributed by atoms with E-state index in [4.69, 9.17) is 21.1 Å². The fourth-order valence-corrected chi connectivity index (χ4v) is 6.83. The number of aromatic nitrogens is 1. The first-order valence-corrected chi connectivity index (χ1v) is 15.9. The molecule has 0 aliphatic carbocycles. The van der Waals surface area contributed by atoms with Crippen molar-refractivity contribution in [2.45, 2.75) is 38.1 Å². The lowest BCUT2D eigenvalue weighted by Crippen LogP contribution is -2.42. The molecule has 0 saturated carbocycles. The number of aryl methyl sites for hydroxylation is 1. The van der Waals surface area contributed by atoms with Crippen LogP contribution in [0.3, 0.4) is 0 Å². The first kappa shape index (κ1) is 28.4. The summed E-state index contributed by atoms with van der Waals surface area (Å²) >= 11 is 8.41. The molecule has 1 atom stereocenters. The van der Waals surface area contributed by atoms with Crippen molar-refractivity contribution < 1.29 is 14.3 Å². The van der Waals surface area contributed by atoms with Crippen LogP contribution in [0.4, 0.5) is 4.79 Å². The van der Waals surface area contributed by atoms with Crippen molar-refractivity contribution in [1.82, 2.24) is 14.4 Å². The second-order valence-electron chi connectivity index (χ2n) is 10.9. The average molecular weight is 684 g/mol. The van der Waals surface area contributed by atoms with Gasteiger partial charge in [0.2, 0.25) is 0 Å². The summed E-state index contributed by atoms with van der Waals surface area (Å²) in [5.41, 5.74) is 4.61. The third kappa shape index (κ3) is 6.22. The van der Waals surface area contributed by atoms with E-state index in [0.717, 1.165) is 36.3 Å². The zero-order chi connectivity index (χ0) is 28.3. The molecule has 0 bridgehead atoms. The monoisotopic (exact) mass is 683 g/mol.